The lowest BCUT2D eigenvalue weighted by Gasteiger charge is -2.06. The van der Waals surface area contributed by atoms with Gasteiger partial charge in [0, 0.05) is 5.69 Å². The molecule has 0 N–H and O–H groups in total. The first kappa shape index (κ1) is 15.2. The van der Waals surface area contributed by atoms with Gasteiger partial charge in [0.25, 0.3) is 5.89 Å². The van der Waals surface area contributed by atoms with Crippen LogP contribution in [0.25, 0.3) is 17.3 Å². The van der Waals surface area contributed by atoms with Gasteiger partial charge in [-0.25, -0.2) is 9.48 Å². The molecule has 0 bridgehead atoms. The van der Waals surface area contributed by atoms with Crippen LogP contribution in [0.4, 0.5) is 0 Å². The van der Waals surface area contributed by atoms with Gasteiger partial charge in [0.2, 0.25) is 0 Å². The van der Waals surface area contributed by atoms with Crippen molar-refractivity contribution in [2.24, 2.45) is 0 Å². The van der Waals surface area contributed by atoms with Crippen LogP contribution in [0.2, 0.25) is 0 Å². The number of aromatic nitrogens is 4. The molecule has 0 atom stereocenters. The van der Waals surface area contributed by atoms with Gasteiger partial charge in [0.15, 0.2) is 5.76 Å². The number of benzene rings is 1. The Hall–Kier alpha value is -3.35. The SMILES string of the molecule is Cc1cc(C)n(-c2ccc(Cn3nc(-c4ccco4)oc3=O)cc2)n1. The molecule has 7 heteroatoms. The fraction of sp³-hybridized carbons (Fsp3) is 0.167. The Labute approximate surface area is 143 Å². The molecule has 0 fully saturated rings. The minimum atomic E-state index is -0.519. The third-order valence-corrected chi connectivity index (χ3v) is 3.86. The molecule has 0 amide bonds. The summed E-state index contributed by atoms with van der Waals surface area (Å²) >= 11 is 0. The van der Waals surface area contributed by atoms with Gasteiger partial charge in [-0.3, -0.25) is 0 Å². The third kappa shape index (κ3) is 2.91. The molecular weight excluding hydrogens is 320 g/mol. The van der Waals surface area contributed by atoms with Crippen LogP contribution in [-0.4, -0.2) is 19.6 Å². The molecule has 4 aromatic rings. The van der Waals surface area contributed by atoms with Crippen LogP contribution in [0.5, 0.6) is 0 Å². The molecule has 7 nitrogen and oxygen atoms in total. The molecular formula is C18H16N4O3. The summed E-state index contributed by atoms with van der Waals surface area (Å²) in [4.78, 5) is 12.0. The zero-order chi connectivity index (χ0) is 17.4. The summed E-state index contributed by atoms with van der Waals surface area (Å²) in [6, 6.07) is 13.3. The van der Waals surface area contributed by atoms with Crippen LogP contribution >= 0.6 is 0 Å². The summed E-state index contributed by atoms with van der Waals surface area (Å²) in [6.45, 7) is 4.30. The number of hydrogen-bond donors (Lipinski definition) is 0. The van der Waals surface area contributed by atoms with E-state index in [1.54, 1.807) is 12.1 Å². The van der Waals surface area contributed by atoms with Crippen molar-refractivity contribution in [3.63, 3.8) is 0 Å². The molecule has 0 aliphatic rings. The van der Waals surface area contributed by atoms with Crippen molar-refractivity contribution >= 4 is 0 Å². The Bertz CT molecular complexity index is 1050. The van der Waals surface area contributed by atoms with Crippen molar-refractivity contribution in [3.8, 4) is 17.3 Å². The fourth-order valence-electron chi connectivity index (χ4n) is 2.71. The molecule has 25 heavy (non-hydrogen) atoms. The highest BCUT2D eigenvalue weighted by Crippen LogP contribution is 2.16. The van der Waals surface area contributed by atoms with Crippen molar-refractivity contribution in [1.82, 2.24) is 19.6 Å². The van der Waals surface area contributed by atoms with E-state index >= 15 is 0 Å². The van der Waals surface area contributed by atoms with Gasteiger partial charge in [-0.15, -0.1) is 5.10 Å². The smallest absolute Gasteiger partial charge is 0.437 e. The van der Waals surface area contributed by atoms with Crippen molar-refractivity contribution in [2.45, 2.75) is 20.4 Å². The van der Waals surface area contributed by atoms with Crippen LogP contribution in [0, 0.1) is 13.8 Å². The van der Waals surface area contributed by atoms with E-state index in [1.165, 1.54) is 10.9 Å². The summed E-state index contributed by atoms with van der Waals surface area (Å²) in [6.07, 6.45) is 1.51. The summed E-state index contributed by atoms with van der Waals surface area (Å²) < 4.78 is 13.5. The van der Waals surface area contributed by atoms with Crippen molar-refractivity contribution < 1.29 is 8.83 Å². The van der Waals surface area contributed by atoms with Gasteiger partial charge < -0.3 is 8.83 Å². The van der Waals surface area contributed by atoms with Crippen molar-refractivity contribution in [1.29, 1.82) is 0 Å². The topological polar surface area (TPSA) is 79.0 Å². The van der Waals surface area contributed by atoms with E-state index in [1.807, 2.05) is 48.9 Å². The second-order valence-electron chi connectivity index (χ2n) is 5.81. The Morgan fingerprint density at radius 2 is 1.88 bits per heavy atom. The van der Waals surface area contributed by atoms with Crippen LogP contribution < -0.4 is 5.76 Å². The Kier molecular flexibility index (Phi) is 3.61. The van der Waals surface area contributed by atoms with Gasteiger partial charge in [-0.05, 0) is 49.7 Å². The second-order valence-corrected chi connectivity index (χ2v) is 5.81. The third-order valence-electron chi connectivity index (χ3n) is 3.86. The molecule has 0 saturated carbocycles. The number of aryl methyl sites for hydroxylation is 2. The van der Waals surface area contributed by atoms with Crippen LogP contribution in [0.15, 0.2) is 62.4 Å². The zero-order valence-corrected chi connectivity index (χ0v) is 13.8. The van der Waals surface area contributed by atoms with E-state index in [2.05, 4.69) is 10.2 Å². The van der Waals surface area contributed by atoms with Gasteiger partial charge in [-0.2, -0.15) is 9.78 Å². The minimum absolute atomic E-state index is 0.175. The van der Waals surface area contributed by atoms with Gasteiger partial charge in [-0.1, -0.05) is 12.1 Å². The van der Waals surface area contributed by atoms with E-state index in [0.29, 0.717) is 12.3 Å². The summed E-state index contributed by atoms with van der Waals surface area (Å²) in [5.74, 6) is 0.0824. The largest absolute Gasteiger partial charge is 0.459 e. The standard InChI is InChI=1S/C18H16N4O3/c1-12-10-13(2)22(19-12)15-7-5-14(6-8-15)11-21-18(23)25-17(20-21)16-4-3-9-24-16/h3-10H,11H2,1-2H3. The number of rotatable bonds is 4. The molecule has 0 unspecified atom stereocenters. The molecule has 3 aromatic heterocycles. The first-order chi connectivity index (χ1) is 12.1. The number of nitrogens with zero attached hydrogens (tertiary/aromatic N) is 4. The van der Waals surface area contributed by atoms with Crippen LogP contribution in [0.1, 0.15) is 17.0 Å². The lowest BCUT2D eigenvalue weighted by Crippen LogP contribution is -2.16. The maximum atomic E-state index is 12.0. The molecule has 4 rings (SSSR count). The number of furan rings is 1. The highest BCUT2D eigenvalue weighted by atomic mass is 16.4. The molecule has 0 aliphatic carbocycles. The predicted molar refractivity (Wildman–Crippen MR) is 90.6 cm³/mol. The lowest BCUT2D eigenvalue weighted by atomic mass is 10.2. The van der Waals surface area contributed by atoms with E-state index < -0.39 is 5.76 Å². The van der Waals surface area contributed by atoms with Crippen LogP contribution in [-0.2, 0) is 6.54 Å². The molecule has 1 aromatic carbocycles. The lowest BCUT2D eigenvalue weighted by molar-refractivity contribution is 0.476. The van der Waals surface area contributed by atoms with Crippen molar-refractivity contribution in [3.05, 3.63) is 76.2 Å². The minimum Gasteiger partial charge on any atom is -0.459 e. The van der Waals surface area contributed by atoms with Gasteiger partial charge >= 0.3 is 5.76 Å². The fourth-order valence-corrected chi connectivity index (χ4v) is 2.71. The van der Waals surface area contributed by atoms with Gasteiger partial charge in [0.1, 0.15) is 0 Å². The Morgan fingerprint density at radius 1 is 1.08 bits per heavy atom. The molecule has 0 aliphatic heterocycles. The van der Waals surface area contributed by atoms with E-state index in [9.17, 15) is 4.79 Å². The monoisotopic (exact) mass is 336 g/mol. The first-order valence-corrected chi connectivity index (χ1v) is 7.84. The van der Waals surface area contributed by atoms with Gasteiger partial charge in [0.05, 0.1) is 24.2 Å². The van der Waals surface area contributed by atoms with Crippen LogP contribution in [0.3, 0.4) is 0 Å². The Balaban J connectivity index is 1.58. The summed E-state index contributed by atoms with van der Waals surface area (Å²) in [7, 11) is 0. The molecule has 3 heterocycles. The molecule has 0 saturated heterocycles. The molecule has 0 spiro atoms. The first-order valence-electron chi connectivity index (χ1n) is 7.84. The average Bonchev–Trinajstić information content (AvgIpc) is 3.30. The predicted octanol–water partition coefficient (Wildman–Crippen LogP) is 2.95. The molecule has 0 radical (unpaired) electrons. The Morgan fingerprint density at radius 3 is 2.52 bits per heavy atom. The summed E-state index contributed by atoms with van der Waals surface area (Å²) in [5.41, 5.74) is 3.95. The average molecular weight is 336 g/mol. The normalized spacial score (nSPS) is 11.1. The maximum absolute atomic E-state index is 12.0. The zero-order valence-electron chi connectivity index (χ0n) is 13.8. The van der Waals surface area contributed by atoms with E-state index in [4.69, 9.17) is 8.83 Å². The maximum Gasteiger partial charge on any atom is 0.437 e. The second kappa shape index (κ2) is 5.94. The number of hydrogen-bond acceptors (Lipinski definition) is 5. The summed E-state index contributed by atoms with van der Waals surface area (Å²) in [5, 5.41) is 8.64. The highest BCUT2D eigenvalue weighted by molar-refractivity contribution is 5.42. The quantitative estimate of drug-likeness (QED) is 0.572. The van der Waals surface area contributed by atoms with E-state index in [-0.39, 0.29) is 5.89 Å². The highest BCUT2D eigenvalue weighted by Gasteiger charge is 2.13. The molecule has 126 valence electrons. The van der Waals surface area contributed by atoms with Crippen molar-refractivity contribution in [2.75, 3.05) is 0 Å². The van der Waals surface area contributed by atoms with E-state index in [0.717, 1.165) is 22.6 Å².